The van der Waals surface area contributed by atoms with E-state index in [2.05, 4.69) is 10.1 Å². The minimum atomic E-state index is -0.614. The highest BCUT2D eigenvalue weighted by molar-refractivity contribution is 6.31. The third kappa shape index (κ3) is 5.31. The summed E-state index contributed by atoms with van der Waals surface area (Å²) in [5.74, 6) is 0.433. The molecule has 2 aromatic carbocycles. The lowest BCUT2D eigenvalue weighted by Gasteiger charge is -2.35. The number of aryl methyl sites for hydroxylation is 1. The molecule has 1 saturated heterocycles. The Balaban J connectivity index is 1.28. The van der Waals surface area contributed by atoms with E-state index >= 15 is 0 Å². The number of hydrogen-bond donors (Lipinski definition) is 0. The summed E-state index contributed by atoms with van der Waals surface area (Å²) in [5, 5.41) is 4.26. The number of hydrogen-bond acceptors (Lipinski definition) is 6. The van der Waals surface area contributed by atoms with Gasteiger partial charge < -0.3 is 19.1 Å². The maximum absolute atomic E-state index is 14.0. The molecule has 0 unspecified atom stereocenters. The van der Waals surface area contributed by atoms with Crippen molar-refractivity contribution >= 4 is 23.4 Å². The van der Waals surface area contributed by atoms with E-state index in [0.717, 1.165) is 11.3 Å². The molecule has 172 valence electrons. The number of methoxy groups -OCH3 is 1. The summed E-state index contributed by atoms with van der Waals surface area (Å²) in [6.07, 6.45) is 0.524. The van der Waals surface area contributed by atoms with Crippen molar-refractivity contribution < 1.29 is 23.2 Å². The SMILES string of the molecule is COc1ccc(-c2noc(CCC(=O)N3CCN(C(=O)c4cc(Cl)ccc4F)CC3)n2)cc1. The molecule has 3 aromatic rings. The second-order valence-corrected chi connectivity index (χ2v) is 7.97. The number of aromatic nitrogens is 2. The van der Waals surface area contributed by atoms with Crippen molar-refractivity contribution in [2.24, 2.45) is 0 Å². The first kappa shape index (κ1) is 22.7. The van der Waals surface area contributed by atoms with Crippen LogP contribution < -0.4 is 4.74 Å². The maximum atomic E-state index is 14.0. The van der Waals surface area contributed by atoms with Crippen LogP contribution in [0.25, 0.3) is 11.4 Å². The molecule has 2 heterocycles. The van der Waals surface area contributed by atoms with Crippen molar-refractivity contribution in [3.63, 3.8) is 0 Å². The van der Waals surface area contributed by atoms with Crippen molar-refractivity contribution in [3.05, 3.63) is 64.8 Å². The average molecular weight is 473 g/mol. The molecule has 0 saturated carbocycles. The van der Waals surface area contributed by atoms with E-state index in [4.69, 9.17) is 20.9 Å². The van der Waals surface area contributed by atoms with Crippen LogP contribution in [0.1, 0.15) is 22.7 Å². The zero-order valence-corrected chi connectivity index (χ0v) is 18.7. The molecule has 2 amide bonds. The van der Waals surface area contributed by atoms with Crippen LogP contribution in [0.2, 0.25) is 5.02 Å². The molecule has 0 atom stereocenters. The summed E-state index contributed by atoms with van der Waals surface area (Å²) in [6.45, 7) is 1.37. The zero-order chi connectivity index (χ0) is 23.4. The molecule has 1 fully saturated rings. The summed E-state index contributed by atoms with van der Waals surface area (Å²) in [5.41, 5.74) is 0.723. The van der Waals surface area contributed by atoms with Gasteiger partial charge in [-0.2, -0.15) is 4.98 Å². The minimum absolute atomic E-state index is 0.0636. The summed E-state index contributed by atoms with van der Waals surface area (Å²) in [7, 11) is 1.59. The number of rotatable bonds is 6. The topological polar surface area (TPSA) is 88.8 Å². The van der Waals surface area contributed by atoms with Crippen molar-refractivity contribution in [2.45, 2.75) is 12.8 Å². The van der Waals surface area contributed by atoms with Crippen molar-refractivity contribution in [1.29, 1.82) is 0 Å². The Kier molecular flexibility index (Phi) is 6.88. The van der Waals surface area contributed by atoms with E-state index in [1.807, 2.05) is 12.1 Å². The minimum Gasteiger partial charge on any atom is -0.497 e. The Labute approximate surface area is 194 Å². The molecule has 4 rings (SSSR count). The first-order valence-corrected chi connectivity index (χ1v) is 10.8. The van der Waals surface area contributed by atoms with Gasteiger partial charge in [0, 0.05) is 49.6 Å². The van der Waals surface area contributed by atoms with Crippen molar-refractivity contribution in [2.75, 3.05) is 33.3 Å². The Morgan fingerprint density at radius 1 is 1.09 bits per heavy atom. The van der Waals surface area contributed by atoms with Crippen LogP contribution in [-0.2, 0) is 11.2 Å². The van der Waals surface area contributed by atoms with E-state index in [1.165, 1.54) is 23.1 Å². The van der Waals surface area contributed by atoms with E-state index in [0.29, 0.717) is 49.3 Å². The number of carbonyl (C=O) groups is 2. The Morgan fingerprint density at radius 2 is 1.79 bits per heavy atom. The average Bonchev–Trinajstić information content (AvgIpc) is 3.33. The van der Waals surface area contributed by atoms with E-state index in [9.17, 15) is 14.0 Å². The number of piperazine rings is 1. The molecule has 1 aliphatic rings. The fourth-order valence-corrected chi connectivity index (χ4v) is 3.75. The summed E-state index contributed by atoms with van der Waals surface area (Å²) < 4.78 is 24.4. The van der Waals surface area contributed by atoms with Gasteiger partial charge in [-0.3, -0.25) is 9.59 Å². The Hall–Kier alpha value is -3.46. The number of nitrogens with zero attached hydrogens (tertiary/aromatic N) is 4. The van der Waals surface area contributed by atoms with Gasteiger partial charge in [0.15, 0.2) is 0 Å². The third-order valence-corrected chi connectivity index (χ3v) is 5.68. The number of ether oxygens (including phenoxy) is 1. The molecule has 0 spiro atoms. The molecule has 8 nitrogen and oxygen atoms in total. The molecule has 10 heteroatoms. The van der Waals surface area contributed by atoms with Gasteiger partial charge in [-0.1, -0.05) is 16.8 Å². The number of carbonyl (C=O) groups excluding carboxylic acids is 2. The second-order valence-electron chi connectivity index (χ2n) is 7.54. The van der Waals surface area contributed by atoms with Crippen LogP contribution in [0.4, 0.5) is 4.39 Å². The quantitative estimate of drug-likeness (QED) is 0.546. The predicted molar refractivity (Wildman–Crippen MR) is 119 cm³/mol. The molecule has 0 aliphatic carbocycles. The summed E-state index contributed by atoms with van der Waals surface area (Å²) in [6, 6.07) is 11.2. The van der Waals surface area contributed by atoms with Crippen LogP contribution in [0, 0.1) is 5.82 Å². The van der Waals surface area contributed by atoms with E-state index in [1.54, 1.807) is 24.1 Å². The van der Waals surface area contributed by atoms with Gasteiger partial charge in [0.1, 0.15) is 11.6 Å². The second kappa shape index (κ2) is 9.99. The van der Waals surface area contributed by atoms with Crippen LogP contribution in [0.5, 0.6) is 5.75 Å². The van der Waals surface area contributed by atoms with Gasteiger partial charge in [-0.25, -0.2) is 4.39 Å². The highest BCUT2D eigenvalue weighted by Gasteiger charge is 2.26. The van der Waals surface area contributed by atoms with Gasteiger partial charge in [0.25, 0.3) is 5.91 Å². The van der Waals surface area contributed by atoms with Gasteiger partial charge in [-0.05, 0) is 42.5 Å². The predicted octanol–water partition coefficient (Wildman–Crippen LogP) is 3.45. The highest BCUT2D eigenvalue weighted by atomic mass is 35.5. The normalized spacial score (nSPS) is 13.8. The van der Waals surface area contributed by atoms with Crippen LogP contribution >= 0.6 is 11.6 Å². The molecular formula is C23H22ClFN4O4. The summed E-state index contributed by atoms with van der Waals surface area (Å²) >= 11 is 5.89. The van der Waals surface area contributed by atoms with Crippen molar-refractivity contribution in [1.82, 2.24) is 19.9 Å². The van der Waals surface area contributed by atoms with Crippen molar-refractivity contribution in [3.8, 4) is 17.1 Å². The fraction of sp³-hybridized carbons (Fsp3) is 0.304. The Morgan fingerprint density at radius 3 is 2.48 bits per heavy atom. The molecule has 33 heavy (non-hydrogen) atoms. The molecular weight excluding hydrogens is 451 g/mol. The van der Waals surface area contributed by atoms with Gasteiger partial charge in [-0.15, -0.1) is 0 Å². The highest BCUT2D eigenvalue weighted by Crippen LogP contribution is 2.21. The first-order chi connectivity index (χ1) is 15.9. The molecule has 0 bridgehead atoms. The zero-order valence-electron chi connectivity index (χ0n) is 18.0. The van der Waals surface area contributed by atoms with E-state index < -0.39 is 11.7 Å². The Bertz CT molecular complexity index is 1140. The molecule has 0 N–H and O–H groups in total. The lowest BCUT2D eigenvalue weighted by molar-refractivity contribution is -0.132. The fourth-order valence-electron chi connectivity index (χ4n) is 3.58. The first-order valence-electron chi connectivity index (χ1n) is 10.4. The van der Waals surface area contributed by atoms with E-state index in [-0.39, 0.29) is 17.9 Å². The van der Waals surface area contributed by atoms with Crippen LogP contribution in [0.3, 0.4) is 0 Å². The van der Waals surface area contributed by atoms with Gasteiger partial charge in [0.05, 0.1) is 12.7 Å². The van der Waals surface area contributed by atoms with Gasteiger partial charge in [0.2, 0.25) is 17.6 Å². The van der Waals surface area contributed by atoms with Crippen LogP contribution in [-0.4, -0.2) is 65.0 Å². The number of amides is 2. The third-order valence-electron chi connectivity index (χ3n) is 5.45. The molecule has 1 aliphatic heterocycles. The summed E-state index contributed by atoms with van der Waals surface area (Å²) in [4.78, 5) is 32.8. The number of halogens is 2. The largest absolute Gasteiger partial charge is 0.497 e. The number of benzene rings is 2. The lowest BCUT2D eigenvalue weighted by Crippen LogP contribution is -2.50. The van der Waals surface area contributed by atoms with Gasteiger partial charge >= 0.3 is 0 Å². The lowest BCUT2D eigenvalue weighted by atomic mass is 10.1. The smallest absolute Gasteiger partial charge is 0.257 e. The molecule has 1 aromatic heterocycles. The monoisotopic (exact) mass is 472 g/mol. The molecule has 0 radical (unpaired) electrons. The van der Waals surface area contributed by atoms with Crippen LogP contribution in [0.15, 0.2) is 47.0 Å². The maximum Gasteiger partial charge on any atom is 0.257 e. The standard InChI is InChI=1S/C23H22ClFN4O4/c1-32-17-5-2-15(3-6-17)22-26-20(33-27-22)8-9-21(30)28-10-12-29(13-11-28)23(31)18-14-16(24)4-7-19(18)25/h2-7,14H,8-13H2,1H3.